The van der Waals surface area contributed by atoms with Crippen molar-refractivity contribution in [2.45, 2.75) is 52.3 Å². The van der Waals surface area contributed by atoms with Crippen molar-refractivity contribution in [1.29, 1.82) is 0 Å². The van der Waals surface area contributed by atoms with Crippen LogP contribution < -0.4 is 10.1 Å². The van der Waals surface area contributed by atoms with Gasteiger partial charge in [0.05, 0.1) is 28.2 Å². The minimum absolute atomic E-state index is 0.0277. The Morgan fingerprint density at radius 3 is 2.85 bits per heavy atom. The Kier molecular flexibility index (Phi) is 5.88. The number of piperidine rings is 1. The van der Waals surface area contributed by atoms with E-state index in [0.29, 0.717) is 37.5 Å². The first-order chi connectivity index (χ1) is 16.3. The monoisotopic (exact) mass is 525 g/mol. The minimum atomic E-state index is -0.110. The molecule has 177 valence electrons. The number of para-hydroxylation sites is 2. The highest BCUT2D eigenvalue weighted by atomic mass is 79.9. The molecule has 0 bridgehead atoms. The van der Waals surface area contributed by atoms with Crippen LogP contribution >= 0.6 is 15.9 Å². The molecule has 3 aromatic heterocycles. The molecule has 5 rings (SSSR count). The molecule has 1 aromatic carbocycles. The molecule has 11 heteroatoms. The number of nitrogens with one attached hydrogen (secondary N) is 2. The topological polar surface area (TPSA) is 113 Å². The van der Waals surface area contributed by atoms with Gasteiger partial charge in [0, 0.05) is 25.4 Å². The smallest absolute Gasteiger partial charge is 0.322 e. The number of amides is 1. The molecule has 1 aliphatic rings. The van der Waals surface area contributed by atoms with Crippen molar-refractivity contribution in [2.24, 2.45) is 5.41 Å². The number of nitrogens with zero attached hydrogens (tertiary/aromatic N) is 6. The number of imidazole rings is 1. The predicted octanol–water partition coefficient (Wildman–Crippen LogP) is 3.70. The normalized spacial score (nSPS) is 19.0. The van der Waals surface area contributed by atoms with E-state index in [-0.39, 0.29) is 23.6 Å². The van der Waals surface area contributed by atoms with Crippen LogP contribution in [0.15, 0.2) is 34.9 Å². The van der Waals surface area contributed by atoms with Gasteiger partial charge in [-0.05, 0) is 33.5 Å². The van der Waals surface area contributed by atoms with Crippen LogP contribution in [0.3, 0.4) is 0 Å². The summed E-state index contributed by atoms with van der Waals surface area (Å²) in [6.45, 7) is 7.38. The summed E-state index contributed by atoms with van der Waals surface area (Å²) in [5.74, 6) is 1.28. The lowest BCUT2D eigenvalue weighted by Gasteiger charge is -2.43. The van der Waals surface area contributed by atoms with Crippen LogP contribution in [-0.2, 0) is 11.3 Å². The molecule has 10 nitrogen and oxygen atoms in total. The third kappa shape index (κ3) is 4.44. The van der Waals surface area contributed by atoms with Crippen LogP contribution in [0.4, 0.5) is 5.95 Å². The van der Waals surface area contributed by atoms with Gasteiger partial charge in [0.15, 0.2) is 5.65 Å². The summed E-state index contributed by atoms with van der Waals surface area (Å²) >= 11 is 3.51. The maximum absolute atomic E-state index is 11.4. The van der Waals surface area contributed by atoms with Gasteiger partial charge < -0.3 is 19.9 Å². The number of carbonyl (C=O) groups excluding carboxylic acids is 1. The highest BCUT2D eigenvalue weighted by Gasteiger charge is 2.37. The molecule has 0 aliphatic carbocycles. The van der Waals surface area contributed by atoms with Crippen molar-refractivity contribution in [2.75, 3.05) is 11.9 Å². The van der Waals surface area contributed by atoms with Gasteiger partial charge >= 0.3 is 12.4 Å². The molecule has 1 fully saturated rings. The maximum Gasteiger partial charge on any atom is 0.322 e. The van der Waals surface area contributed by atoms with E-state index in [0.717, 1.165) is 21.3 Å². The summed E-state index contributed by atoms with van der Waals surface area (Å²) in [6, 6.07) is 8.18. The lowest BCUT2D eigenvalue weighted by atomic mass is 9.80. The van der Waals surface area contributed by atoms with Crippen LogP contribution in [0.2, 0.25) is 0 Å². The first-order valence-electron chi connectivity index (χ1n) is 11.2. The zero-order valence-electron chi connectivity index (χ0n) is 19.2. The second-order valence-corrected chi connectivity index (χ2v) is 10.4. The average molecular weight is 526 g/mol. The Balaban J connectivity index is 1.38. The maximum atomic E-state index is 11.4. The van der Waals surface area contributed by atoms with Crippen LogP contribution in [0.1, 0.15) is 39.4 Å². The minimum Gasteiger partial charge on any atom is -0.460 e. The Morgan fingerprint density at radius 2 is 2.09 bits per heavy atom. The average Bonchev–Trinajstić information content (AvgIpc) is 3.40. The molecule has 2 unspecified atom stereocenters. The van der Waals surface area contributed by atoms with Crippen molar-refractivity contribution in [3.8, 4) is 6.01 Å². The number of hydrogen-bond donors (Lipinski definition) is 2. The molecular formula is C23H26BrN8O2. The van der Waals surface area contributed by atoms with Gasteiger partial charge in [-0.1, -0.05) is 32.9 Å². The number of rotatable bonds is 6. The number of halogens is 1. The number of ether oxygens (including phenoxy) is 1. The van der Waals surface area contributed by atoms with Crippen LogP contribution in [0, 0.1) is 5.41 Å². The second-order valence-electron chi connectivity index (χ2n) is 9.54. The Hall–Kier alpha value is -3.21. The molecule has 0 spiro atoms. The van der Waals surface area contributed by atoms with E-state index in [1.165, 1.54) is 0 Å². The molecular weight excluding hydrogens is 500 g/mol. The quantitative estimate of drug-likeness (QED) is 0.394. The molecule has 2 atom stereocenters. The largest absolute Gasteiger partial charge is 0.460 e. The van der Waals surface area contributed by atoms with Crippen molar-refractivity contribution < 1.29 is 9.53 Å². The number of benzene rings is 1. The number of fused-ring (bicyclic) bond motifs is 2. The zero-order chi connectivity index (χ0) is 23.9. The van der Waals surface area contributed by atoms with Gasteiger partial charge in [0.1, 0.15) is 11.9 Å². The second kappa shape index (κ2) is 8.86. The molecule has 2 N–H and O–H groups in total. The fraction of sp³-hybridized carbons (Fsp3) is 0.435. The summed E-state index contributed by atoms with van der Waals surface area (Å²) in [4.78, 5) is 30.3. The van der Waals surface area contributed by atoms with E-state index in [1.807, 2.05) is 24.3 Å². The number of likely N-dealkylation sites (tertiary alicyclic amines) is 1. The molecule has 4 aromatic rings. The van der Waals surface area contributed by atoms with E-state index >= 15 is 0 Å². The van der Waals surface area contributed by atoms with Crippen molar-refractivity contribution in [1.82, 2.24) is 34.4 Å². The standard InChI is InChI=1S/C23H26BrN8O2/c1-23(2,3)18-10-14(8-9-31(18)13-33)34-22-29-20-15(24)11-26-32(20)21(30-22)25-12-19-27-16-6-4-5-7-17(16)28-19/h4-7,11,14,18H,8-10,12H2,1-3H3,(H,27,28)(H,25,29,30). The number of H-pyrrole nitrogens is 1. The Morgan fingerprint density at radius 1 is 1.26 bits per heavy atom. The zero-order valence-corrected chi connectivity index (χ0v) is 20.8. The Labute approximate surface area is 205 Å². The molecule has 34 heavy (non-hydrogen) atoms. The van der Waals surface area contributed by atoms with Gasteiger partial charge in [0.25, 0.3) is 0 Å². The summed E-state index contributed by atoms with van der Waals surface area (Å²) in [6.07, 6.45) is 5.03. The fourth-order valence-electron chi connectivity index (χ4n) is 4.37. The lowest BCUT2D eigenvalue weighted by Crippen LogP contribution is -2.51. The third-order valence-corrected chi connectivity index (χ3v) is 6.66. The van der Waals surface area contributed by atoms with Crippen LogP contribution in [-0.4, -0.2) is 59.6 Å². The first-order valence-corrected chi connectivity index (χ1v) is 12.0. The van der Waals surface area contributed by atoms with Gasteiger partial charge in [-0.15, -0.1) is 0 Å². The van der Waals surface area contributed by atoms with E-state index < -0.39 is 0 Å². The summed E-state index contributed by atoms with van der Waals surface area (Å²) in [7, 11) is 0. The first kappa shape index (κ1) is 22.6. The lowest BCUT2D eigenvalue weighted by molar-refractivity contribution is 0.0395. The van der Waals surface area contributed by atoms with Crippen molar-refractivity contribution >= 4 is 45.0 Å². The SMILES string of the molecule is CC(C)(C)C1CC(Oc2nc(NCc3nc4ccccc4[nH]3)n3ncc(Br)c3n2)CCN1[C]=O. The van der Waals surface area contributed by atoms with E-state index in [4.69, 9.17) is 4.74 Å². The number of aromatic amines is 1. The number of anilines is 1. The van der Waals surface area contributed by atoms with Crippen LogP contribution in [0.5, 0.6) is 6.01 Å². The molecule has 1 saturated heterocycles. The molecule has 1 amide bonds. The van der Waals surface area contributed by atoms with Crippen molar-refractivity contribution in [3.05, 3.63) is 40.8 Å². The molecule has 1 radical (unpaired) electrons. The predicted molar refractivity (Wildman–Crippen MR) is 131 cm³/mol. The summed E-state index contributed by atoms with van der Waals surface area (Å²) in [5.41, 5.74) is 2.40. The summed E-state index contributed by atoms with van der Waals surface area (Å²) < 4.78 is 8.61. The highest BCUT2D eigenvalue weighted by Crippen LogP contribution is 2.33. The molecule has 4 heterocycles. The highest BCUT2D eigenvalue weighted by molar-refractivity contribution is 9.10. The van der Waals surface area contributed by atoms with Gasteiger partial charge in [-0.25, -0.2) is 4.98 Å². The molecule has 1 aliphatic heterocycles. The van der Waals surface area contributed by atoms with Crippen LogP contribution in [0.25, 0.3) is 16.7 Å². The van der Waals surface area contributed by atoms with Gasteiger partial charge in [0.2, 0.25) is 5.95 Å². The number of hydrogen-bond acceptors (Lipinski definition) is 7. The fourth-order valence-corrected chi connectivity index (χ4v) is 4.72. The van der Waals surface area contributed by atoms with E-state index in [9.17, 15) is 4.79 Å². The Bertz CT molecular complexity index is 1290. The molecule has 0 saturated carbocycles. The van der Waals surface area contributed by atoms with Crippen molar-refractivity contribution in [3.63, 3.8) is 0 Å². The van der Waals surface area contributed by atoms with Gasteiger partial charge in [-0.3, -0.25) is 4.79 Å². The van der Waals surface area contributed by atoms with Gasteiger partial charge in [-0.2, -0.15) is 19.6 Å². The number of aromatic nitrogens is 6. The van der Waals surface area contributed by atoms with E-state index in [1.54, 1.807) is 15.6 Å². The van der Waals surface area contributed by atoms with E-state index in [2.05, 4.69) is 73.5 Å². The summed E-state index contributed by atoms with van der Waals surface area (Å²) in [5, 5.41) is 7.67. The third-order valence-electron chi connectivity index (χ3n) is 6.10.